The van der Waals surface area contributed by atoms with Crippen LogP contribution in [0.5, 0.6) is 5.75 Å². The summed E-state index contributed by atoms with van der Waals surface area (Å²) < 4.78 is 16.7. The molecule has 28 heavy (non-hydrogen) atoms. The van der Waals surface area contributed by atoms with Crippen molar-refractivity contribution in [2.75, 3.05) is 25.1 Å². The Morgan fingerprint density at radius 3 is 2.64 bits per heavy atom. The van der Waals surface area contributed by atoms with Gasteiger partial charge in [0.1, 0.15) is 17.1 Å². The molecule has 150 valence electrons. The molecule has 2 aromatic rings. The first-order valence-electron chi connectivity index (χ1n) is 9.46. The SMILES string of the molecule is CCc1oc(C(=O)Nc2ccc(C)c(OCC3CCOCC3)c2)cc1C(=O)O. The zero-order chi connectivity index (χ0) is 20.1. The summed E-state index contributed by atoms with van der Waals surface area (Å²) in [4.78, 5) is 23.7. The number of amides is 1. The highest BCUT2D eigenvalue weighted by Gasteiger charge is 2.20. The van der Waals surface area contributed by atoms with Gasteiger partial charge in [-0.05, 0) is 37.3 Å². The number of carboxylic acids is 1. The standard InChI is InChI=1S/C21H25NO6/c1-3-17-16(21(24)25)11-19(28-17)20(23)22-15-5-4-13(2)18(10-15)27-12-14-6-8-26-9-7-14/h4-5,10-11,14H,3,6-9,12H2,1-2H3,(H,22,23)(H,24,25). The van der Waals surface area contributed by atoms with Gasteiger partial charge in [-0.15, -0.1) is 0 Å². The summed E-state index contributed by atoms with van der Waals surface area (Å²) in [6.07, 6.45) is 2.36. The Kier molecular flexibility index (Phi) is 6.36. The van der Waals surface area contributed by atoms with E-state index in [0.717, 1.165) is 31.6 Å². The van der Waals surface area contributed by atoms with Crippen molar-refractivity contribution in [3.05, 3.63) is 46.9 Å². The lowest BCUT2D eigenvalue weighted by Crippen LogP contribution is -2.21. The molecule has 1 aliphatic rings. The Morgan fingerprint density at radius 1 is 1.25 bits per heavy atom. The largest absolute Gasteiger partial charge is 0.493 e. The van der Waals surface area contributed by atoms with Crippen LogP contribution in [0.25, 0.3) is 0 Å². The predicted molar refractivity (Wildman–Crippen MR) is 103 cm³/mol. The number of ether oxygens (including phenoxy) is 2. The quantitative estimate of drug-likeness (QED) is 0.748. The van der Waals surface area contributed by atoms with Crippen LogP contribution in [0.4, 0.5) is 5.69 Å². The highest BCUT2D eigenvalue weighted by Crippen LogP contribution is 2.26. The van der Waals surface area contributed by atoms with Gasteiger partial charge in [-0.2, -0.15) is 0 Å². The molecule has 0 atom stereocenters. The van der Waals surface area contributed by atoms with Crippen molar-refractivity contribution >= 4 is 17.6 Å². The van der Waals surface area contributed by atoms with Gasteiger partial charge in [0.25, 0.3) is 5.91 Å². The third-order valence-corrected chi connectivity index (χ3v) is 4.85. The first-order valence-corrected chi connectivity index (χ1v) is 9.46. The third-order valence-electron chi connectivity index (χ3n) is 4.85. The second-order valence-electron chi connectivity index (χ2n) is 6.91. The molecular weight excluding hydrogens is 362 g/mol. The maximum Gasteiger partial charge on any atom is 0.339 e. The van der Waals surface area contributed by atoms with Crippen LogP contribution in [-0.4, -0.2) is 36.8 Å². The maximum atomic E-state index is 12.5. The smallest absolute Gasteiger partial charge is 0.339 e. The van der Waals surface area contributed by atoms with E-state index in [1.165, 1.54) is 6.07 Å². The number of carboxylic acid groups (broad SMARTS) is 1. The van der Waals surface area contributed by atoms with E-state index < -0.39 is 11.9 Å². The number of aromatic carboxylic acids is 1. The number of anilines is 1. The number of aryl methyl sites for hydroxylation is 2. The molecule has 2 heterocycles. The number of carbonyl (C=O) groups is 2. The number of rotatable bonds is 7. The molecule has 1 fully saturated rings. The van der Waals surface area contributed by atoms with Crippen LogP contribution in [0.1, 0.15) is 52.0 Å². The van der Waals surface area contributed by atoms with E-state index in [4.69, 9.17) is 13.9 Å². The predicted octanol–water partition coefficient (Wildman–Crippen LogP) is 3.91. The average molecular weight is 387 g/mol. The van der Waals surface area contributed by atoms with Crippen molar-refractivity contribution in [2.45, 2.75) is 33.1 Å². The second-order valence-corrected chi connectivity index (χ2v) is 6.91. The molecule has 0 aliphatic carbocycles. The molecule has 7 heteroatoms. The summed E-state index contributed by atoms with van der Waals surface area (Å²) in [5.41, 5.74) is 1.55. The Morgan fingerprint density at radius 2 is 2.00 bits per heavy atom. The van der Waals surface area contributed by atoms with Gasteiger partial charge >= 0.3 is 5.97 Å². The van der Waals surface area contributed by atoms with Gasteiger partial charge in [0.15, 0.2) is 5.76 Å². The first-order chi connectivity index (χ1) is 13.5. The minimum absolute atomic E-state index is 0.0111. The summed E-state index contributed by atoms with van der Waals surface area (Å²) in [7, 11) is 0. The minimum atomic E-state index is -1.11. The van der Waals surface area contributed by atoms with Crippen molar-refractivity contribution in [2.24, 2.45) is 5.92 Å². The number of benzene rings is 1. The summed E-state index contributed by atoms with van der Waals surface area (Å²) in [6.45, 7) is 5.87. The molecule has 7 nitrogen and oxygen atoms in total. The molecule has 1 aliphatic heterocycles. The minimum Gasteiger partial charge on any atom is -0.493 e. The third kappa shape index (κ3) is 4.72. The van der Waals surface area contributed by atoms with Crippen LogP contribution in [0.3, 0.4) is 0 Å². The fourth-order valence-electron chi connectivity index (χ4n) is 3.13. The maximum absolute atomic E-state index is 12.5. The fourth-order valence-corrected chi connectivity index (χ4v) is 3.13. The number of nitrogens with one attached hydrogen (secondary N) is 1. The highest BCUT2D eigenvalue weighted by atomic mass is 16.5. The molecule has 0 radical (unpaired) electrons. The van der Waals surface area contributed by atoms with E-state index in [2.05, 4.69) is 5.32 Å². The van der Waals surface area contributed by atoms with Gasteiger partial charge in [-0.1, -0.05) is 13.0 Å². The van der Waals surface area contributed by atoms with Gasteiger partial charge in [-0.25, -0.2) is 4.79 Å². The topological polar surface area (TPSA) is 98.0 Å². The summed E-state index contributed by atoms with van der Waals surface area (Å²) >= 11 is 0. The Hall–Kier alpha value is -2.80. The van der Waals surface area contributed by atoms with Crippen LogP contribution in [-0.2, 0) is 11.2 Å². The van der Waals surface area contributed by atoms with Crippen molar-refractivity contribution in [1.82, 2.24) is 0 Å². The molecule has 1 aromatic carbocycles. The van der Waals surface area contributed by atoms with Crippen molar-refractivity contribution in [1.29, 1.82) is 0 Å². The molecular formula is C21H25NO6. The monoisotopic (exact) mass is 387 g/mol. The Balaban J connectivity index is 1.68. The van der Waals surface area contributed by atoms with Crippen LogP contribution in [0.15, 0.2) is 28.7 Å². The van der Waals surface area contributed by atoms with E-state index in [9.17, 15) is 14.7 Å². The first kappa shape index (κ1) is 19.9. The van der Waals surface area contributed by atoms with E-state index in [0.29, 0.717) is 30.4 Å². The molecule has 1 saturated heterocycles. The van der Waals surface area contributed by atoms with Crippen LogP contribution in [0.2, 0.25) is 0 Å². The van der Waals surface area contributed by atoms with E-state index >= 15 is 0 Å². The molecule has 1 amide bonds. The lowest BCUT2D eigenvalue weighted by Gasteiger charge is -2.22. The number of furan rings is 1. The summed E-state index contributed by atoms with van der Waals surface area (Å²) in [6, 6.07) is 6.68. The van der Waals surface area contributed by atoms with Crippen molar-refractivity contribution in [3.63, 3.8) is 0 Å². The molecule has 0 saturated carbocycles. The molecule has 0 unspecified atom stereocenters. The summed E-state index contributed by atoms with van der Waals surface area (Å²) in [5, 5.41) is 11.9. The van der Waals surface area contributed by atoms with Gasteiger partial charge < -0.3 is 24.3 Å². The lowest BCUT2D eigenvalue weighted by atomic mass is 10.0. The van der Waals surface area contributed by atoms with E-state index in [-0.39, 0.29) is 17.1 Å². The molecule has 0 spiro atoms. The molecule has 1 aromatic heterocycles. The van der Waals surface area contributed by atoms with Crippen LogP contribution < -0.4 is 10.1 Å². The van der Waals surface area contributed by atoms with Crippen molar-refractivity contribution in [3.8, 4) is 5.75 Å². The van der Waals surface area contributed by atoms with E-state index in [1.54, 1.807) is 19.1 Å². The number of hydrogen-bond donors (Lipinski definition) is 2. The van der Waals surface area contributed by atoms with Crippen molar-refractivity contribution < 1.29 is 28.6 Å². The van der Waals surface area contributed by atoms with Gasteiger partial charge in [0.2, 0.25) is 0 Å². The Labute approximate surface area is 163 Å². The summed E-state index contributed by atoms with van der Waals surface area (Å²) in [5.74, 6) is -0.178. The van der Waals surface area contributed by atoms with Gasteiger partial charge in [0.05, 0.1) is 6.61 Å². The van der Waals surface area contributed by atoms with Gasteiger partial charge in [-0.3, -0.25) is 4.79 Å². The highest BCUT2D eigenvalue weighted by molar-refractivity contribution is 6.04. The molecule has 2 N–H and O–H groups in total. The number of carbonyl (C=O) groups excluding carboxylic acids is 1. The van der Waals surface area contributed by atoms with Gasteiger partial charge in [0, 0.05) is 37.5 Å². The van der Waals surface area contributed by atoms with E-state index in [1.807, 2.05) is 13.0 Å². The molecule has 3 rings (SSSR count). The van der Waals surface area contributed by atoms with Crippen LogP contribution >= 0.6 is 0 Å². The fraction of sp³-hybridized carbons (Fsp3) is 0.429. The average Bonchev–Trinajstić information content (AvgIpc) is 3.14. The normalized spacial score (nSPS) is 14.6. The zero-order valence-electron chi connectivity index (χ0n) is 16.1. The zero-order valence-corrected chi connectivity index (χ0v) is 16.1. The lowest BCUT2D eigenvalue weighted by molar-refractivity contribution is 0.0496. The number of hydrogen-bond acceptors (Lipinski definition) is 5. The molecule has 0 bridgehead atoms. The van der Waals surface area contributed by atoms with Crippen LogP contribution in [0, 0.1) is 12.8 Å². The second kappa shape index (κ2) is 8.93. The Bertz CT molecular complexity index is 851.